The summed E-state index contributed by atoms with van der Waals surface area (Å²) in [7, 11) is 0. The smallest absolute Gasteiger partial charge is 0.404 e. The van der Waals surface area contributed by atoms with Crippen molar-refractivity contribution in [1.82, 2.24) is 20.8 Å². The van der Waals surface area contributed by atoms with E-state index in [0.29, 0.717) is 39.0 Å². The molecule has 2 aliphatic heterocycles. The highest BCUT2D eigenvalue weighted by atomic mass is 16.7. The Balaban J connectivity index is 1.24. The van der Waals surface area contributed by atoms with Crippen LogP contribution in [0.4, 0.5) is 9.59 Å². The number of urea groups is 1. The lowest BCUT2D eigenvalue weighted by Crippen LogP contribution is -2.50. The predicted molar refractivity (Wildman–Crippen MR) is 108 cm³/mol. The fourth-order valence-corrected chi connectivity index (χ4v) is 4.55. The minimum atomic E-state index is -1.04. The van der Waals surface area contributed by atoms with Crippen molar-refractivity contribution in [2.45, 2.75) is 56.9 Å². The third-order valence-corrected chi connectivity index (χ3v) is 6.20. The molecule has 3 N–H and O–H groups in total. The van der Waals surface area contributed by atoms with E-state index in [4.69, 9.17) is 14.8 Å². The Morgan fingerprint density at radius 1 is 1.13 bits per heavy atom. The van der Waals surface area contributed by atoms with E-state index in [1.165, 1.54) is 5.06 Å². The zero-order valence-corrected chi connectivity index (χ0v) is 17.2. The molecule has 1 aliphatic carbocycles. The average molecular weight is 432 g/mol. The number of carboxylic acid groups (broad SMARTS) is 1. The Bertz CT molecular complexity index is 806. The number of amides is 4. The van der Waals surface area contributed by atoms with Gasteiger partial charge in [-0.3, -0.25) is 14.5 Å². The van der Waals surface area contributed by atoms with Crippen molar-refractivity contribution in [3.8, 4) is 0 Å². The maximum atomic E-state index is 12.8. The number of piperidine rings is 1. The second kappa shape index (κ2) is 9.52. The Kier molecular flexibility index (Phi) is 6.57. The summed E-state index contributed by atoms with van der Waals surface area (Å²) in [5.41, 5.74) is 3.50. The van der Waals surface area contributed by atoms with Crippen molar-refractivity contribution >= 4 is 18.0 Å². The lowest BCUT2D eigenvalue weighted by molar-refractivity contribution is -0.144. The first-order valence-electron chi connectivity index (χ1n) is 10.7. The molecule has 4 rings (SSSR count). The second-order valence-electron chi connectivity index (χ2n) is 8.34. The molecule has 2 heterocycles. The van der Waals surface area contributed by atoms with E-state index in [1.54, 1.807) is 4.90 Å². The molecule has 2 unspecified atom stereocenters. The third kappa shape index (κ3) is 5.08. The van der Waals surface area contributed by atoms with Gasteiger partial charge in [-0.25, -0.2) is 15.1 Å². The van der Waals surface area contributed by atoms with E-state index in [0.717, 1.165) is 18.4 Å². The van der Waals surface area contributed by atoms with Crippen molar-refractivity contribution in [2.24, 2.45) is 5.92 Å². The van der Waals surface area contributed by atoms with E-state index >= 15 is 0 Å². The molecule has 1 aromatic carbocycles. The normalized spacial score (nSPS) is 27.4. The molecule has 10 heteroatoms. The quantitative estimate of drug-likeness (QED) is 0.540. The van der Waals surface area contributed by atoms with Gasteiger partial charge in [0.15, 0.2) is 0 Å². The standard InChI is InChI=1S/C21H28N4O6/c26-19(23-31-17-8-6-15(10-17)11-22-20(27)28)18-9-7-16-12-24(18)21(29)25(16)30-13-14-4-2-1-3-5-14/h1-5,15-18,22H,6-13H2,(H,23,26)(H,27,28)/t15?,16-,17?,18+/m1/s1. The first-order valence-corrected chi connectivity index (χ1v) is 10.7. The number of hydroxylamine groups is 3. The number of fused-ring (bicyclic) bond motifs is 2. The van der Waals surface area contributed by atoms with Crippen LogP contribution in [0, 0.1) is 5.92 Å². The molecule has 0 aromatic heterocycles. The molecule has 0 radical (unpaired) electrons. The highest BCUT2D eigenvalue weighted by Gasteiger charge is 2.48. The molecule has 1 aromatic rings. The van der Waals surface area contributed by atoms with Gasteiger partial charge in [-0.1, -0.05) is 30.3 Å². The van der Waals surface area contributed by atoms with Crippen LogP contribution >= 0.6 is 0 Å². The van der Waals surface area contributed by atoms with Gasteiger partial charge in [-0.05, 0) is 43.6 Å². The molecule has 31 heavy (non-hydrogen) atoms. The summed E-state index contributed by atoms with van der Waals surface area (Å²) >= 11 is 0. The molecule has 4 amide bonds. The van der Waals surface area contributed by atoms with Gasteiger partial charge in [0.05, 0.1) is 12.1 Å². The molecule has 168 valence electrons. The Morgan fingerprint density at radius 2 is 1.94 bits per heavy atom. The molecule has 2 bridgehead atoms. The van der Waals surface area contributed by atoms with Crippen molar-refractivity contribution in [3.63, 3.8) is 0 Å². The Labute approximate surface area is 180 Å². The Hall–Kier alpha value is -2.85. The van der Waals surface area contributed by atoms with Crippen molar-refractivity contribution in [3.05, 3.63) is 35.9 Å². The lowest BCUT2D eigenvalue weighted by Gasteiger charge is -2.29. The third-order valence-electron chi connectivity index (χ3n) is 6.20. The molecule has 0 spiro atoms. The summed E-state index contributed by atoms with van der Waals surface area (Å²) in [4.78, 5) is 49.0. The summed E-state index contributed by atoms with van der Waals surface area (Å²) in [6, 6.07) is 8.70. The largest absolute Gasteiger partial charge is 0.465 e. The first-order chi connectivity index (χ1) is 15.0. The monoisotopic (exact) mass is 432 g/mol. The predicted octanol–water partition coefficient (Wildman–Crippen LogP) is 1.87. The number of hydrogen-bond acceptors (Lipinski definition) is 5. The first kappa shape index (κ1) is 21.4. The van der Waals surface area contributed by atoms with E-state index < -0.39 is 12.1 Å². The number of nitrogens with zero attached hydrogens (tertiary/aromatic N) is 2. The molecular formula is C21H28N4O6. The SMILES string of the molecule is O=C(O)NCC1CCC(ONC(=O)[C@@H]2CC[C@@H]3CN2C(=O)N3OCc2ccccc2)C1. The average Bonchev–Trinajstić information content (AvgIpc) is 3.33. The number of carbonyl (C=O) groups is 3. The van der Waals surface area contributed by atoms with E-state index in [9.17, 15) is 14.4 Å². The van der Waals surface area contributed by atoms with Crippen molar-refractivity contribution < 1.29 is 29.2 Å². The van der Waals surface area contributed by atoms with Crippen LogP contribution in [-0.2, 0) is 21.1 Å². The fourth-order valence-electron chi connectivity index (χ4n) is 4.55. The maximum absolute atomic E-state index is 12.8. The van der Waals surface area contributed by atoms with Crippen LogP contribution in [0.5, 0.6) is 0 Å². The van der Waals surface area contributed by atoms with Crippen LogP contribution < -0.4 is 10.8 Å². The number of nitrogens with one attached hydrogen (secondary N) is 2. The number of rotatable bonds is 8. The summed E-state index contributed by atoms with van der Waals surface area (Å²) in [6.07, 6.45) is 2.31. The molecule has 3 aliphatic rings. The highest BCUT2D eigenvalue weighted by molar-refractivity contribution is 5.88. The van der Waals surface area contributed by atoms with Gasteiger partial charge in [0.2, 0.25) is 0 Å². The molecule has 3 fully saturated rings. The second-order valence-corrected chi connectivity index (χ2v) is 8.34. The maximum Gasteiger partial charge on any atom is 0.404 e. The van der Waals surface area contributed by atoms with Crippen LogP contribution in [0.15, 0.2) is 30.3 Å². The van der Waals surface area contributed by atoms with Gasteiger partial charge < -0.3 is 15.3 Å². The summed E-state index contributed by atoms with van der Waals surface area (Å²) in [6.45, 7) is 1.14. The van der Waals surface area contributed by atoms with E-state index in [-0.39, 0.29) is 30.0 Å². The van der Waals surface area contributed by atoms with Crippen LogP contribution in [0.1, 0.15) is 37.7 Å². The zero-order valence-electron chi connectivity index (χ0n) is 17.2. The van der Waals surface area contributed by atoms with Gasteiger partial charge in [-0.15, -0.1) is 0 Å². The van der Waals surface area contributed by atoms with Crippen LogP contribution in [0.3, 0.4) is 0 Å². The number of hydrogen-bond donors (Lipinski definition) is 3. The van der Waals surface area contributed by atoms with Crippen molar-refractivity contribution in [2.75, 3.05) is 13.1 Å². The Morgan fingerprint density at radius 3 is 2.71 bits per heavy atom. The molecule has 1 saturated carbocycles. The van der Waals surface area contributed by atoms with Crippen molar-refractivity contribution in [1.29, 1.82) is 0 Å². The minimum Gasteiger partial charge on any atom is -0.465 e. The van der Waals surface area contributed by atoms with Gasteiger partial charge >= 0.3 is 12.1 Å². The molecule has 4 atom stereocenters. The lowest BCUT2D eigenvalue weighted by atomic mass is 10.0. The fraction of sp³-hybridized carbons (Fsp3) is 0.571. The van der Waals surface area contributed by atoms with E-state index in [1.807, 2.05) is 30.3 Å². The summed E-state index contributed by atoms with van der Waals surface area (Å²) < 4.78 is 0. The van der Waals surface area contributed by atoms with Gasteiger partial charge in [0, 0.05) is 13.1 Å². The van der Waals surface area contributed by atoms with Gasteiger partial charge in [0.25, 0.3) is 5.91 Å². The van der Waals surface area contributed by atoms with Crippen LogP contribution in [-0.4, -0.2) is 64.4 Å². The topological polar surface area (TPSA) is 120 Å². The van der Waals surface area contributed by atoms with E-state index in [2.05, 4.69) is 10.8 Å². The number of carbonyl (C=O) groups excluding carboxylic acids is 2. The highest BCUT2D eigenvalue weighted by Crippen LogP contribution is 2.31. The minimum absolute atomic E-state index is 0.0569. The number of benzene rings is 1. The van der Waals surface area contributed by atoms with Crippen LogP contribution in [0.25, 0.3) is 0 Å². The van der Waals surface area contributed by atoms with Crippen LogP contribution in [0.2, 0.25) is 0 Å². The zero-order chi connectivity index (χ0) is 21.8. The summed E-state index contributed by atoms with van der Waals surface area (Å²) in [5, 5.41) is 12.5. The summed E-state index contributed by atoms with van der Waals surface area (Å²) in [5.74, 6) is -0.132. The molecular weight excluding hydrogens is 404 g/mol. The molecule has 2 saturated heterocycles. The van der Waals surface area contributed by atoms with Gasteiger partial charge in [-0.2, -0.15) is 5.06 Å². The van der Waals surface area contributed by atoms with Gasteiger partial charge in [0.1, 0.15) is 12.6 Å². The molecule has 10 nitrogen and oxygen atoms in total.